The standard InChI is InChI=1S/C15H19Cl2N3O/c16-10-7-13-14(8-11(10)17)20(9-19-13)6-2-3-12-15(21)4-1-5-18-12/h7-9,12,15,18,21H,1-6H2/t12-,15+/m1/s1. The average molecular weight is 328 g/mol. The van der Waals surface area contributed by atoms with E-state index in [4.69, 9.17) is 23.2 Å². The zero-order valence-electron chi connectivity index (χ0n) is 11.7. The molecule has 0 aliphatic carbocycles. The van der Waals surface area contributed by atoms with Crippen LogP contribution in [0.2, 0.25) is 10.0 Å². The van der Waals surface area contributed by atoms with Crippen LogP contribution in [0, 0.1) is 0 Å². The summed E-state index contributed by atoms with van der Waals surface area (Å²) in [6.45, 7) is 1.86. The monoisotopic (exact) mass is 327 g/mol. The highest BCUT2D eigenvalue weighted by molar-refractivity contribution is 6.42. The maximum atomic E-state index is 9.95. The molecule has 3 rings (SSSR count). The lowest BCUT2D eigenvalue weighted by Crippen LogP contribution is -2.44. The fourth-order valence-electron chi connectivity index (χ4n) is 2.94. The van der Waals surface area contributed by atoms with Crippen LogP contribution in [0.25, 0.3) is 11.0 Å². The number of aryl methyl sites for hydroxylation is 1. The first-order chi connectivity index (χ1) is 10.1. The van der Waals surface area contributed by atoms with Gasteiger partial charge in [-0.05, 0) is 44.4 Å². The van der Waals surface area contributed by atoms with Crippen LogP contribution in [0.1, 0.15) is 25.7 Å². The number of piperidine rings is 1. The minimum absolute atomic E-state index is 0.214. The zero-order valence-corrected chi connectivity index (χ0v) is 13.2. The number of fused-ring (bicyclic) bond motifs is 1. The van der Waals surface area contributed by atoms with Gasteiger partial charge in [-0.1, -0.05) is 23.2 Å². The number of benzene rings is 1. The van der Waals surface area contributed by atoms with Crippen LogP contribution < -0.4 is 5.32 Å². The van der Waals surface area contributed by atoms with Crippen molar-refractivity contribution in [1.82, 2.24) is 14.9 Å². The summed E-state index contributed by atoms with van der Waals surface area (Å²) in [6.07, 6.45) is 5.51. The molecule has 1 aliphatic heterocycles. The quantitative estimate of drug-likeness (QED) is 0.906. The van der Waals surface area contributed by atoms with Crippen molar-refractivity contribution in [2.75, 3.05) is 6.54 Å². The number of aliphatic hydroxyl groups excluding tert-OH is 1. The lowest BCUT2D eigenvalue weighted by atomic mass is 9.97. The van der Waals surface area contributed by atoms with Crippen molar-refractivity contribution in [3.63, 3.8) is 0 Å². The lowest BCUT2D eigenvalue weighted by molar-refractivity contribution is 0.0909. The number of hydrogen-bond donors (Lipinski definition) is 2. The molecule has 0 spiro atoms. The van der Waals surface area contributed by atoms with Gasteiger partial charge in [0.2, 0.25) is 0 Å². The number of nitrogens with one attached hydrogen (secondary N) is 1. The highest BCUT2D eigenvalue weighted by Crippen LogP contribution is 2.27. The van der Waals surface area contributed by atoms with Gasteiger partial charge in [0.25, 0.3) is 0 Å². The first-order valence-electron chi connectivity index (χ1n) is 7.36. The van der Waals surface area contributed by atoms with Crippen LogP contribution in [0.15, 0.2) is 18.5 Å². The number of halogens is 2. The average Bonchev–Trinajstić information content (AvgIpc) is 2.84. The first-order valence-corrected chi connectivity index (χ1v) is 8.12. The third kappa shape index (κ3) is 3.34. The van der Waals surface area contributed by atoms with Crippen molar-refractivity contribution >= 4 is 34.2 Å². The van der Waals surface area contributed by atoms with Gasteiger partial charge in [0.15, 0.2) is 0 Å². The predicted molar refractivity (Wildman–Crippen MR) is 86.0 cm³/mol. The van der Waals surface area contributed by atoms with Gasteiger partial charge >= 0.3 is 0 Å². The number of hydrogen-bond acceptors (Lipinski definition) is 3. The van der Waals surface area contributed by atoms with Crippen LogP contribution >= 0.6 is 23.2 Å². The second kappa shape index (κ2) is 6.53. The highest BCUT2D eigenvalue weighted by atomic mass is 35.5. The van der Waals surface area contributed by atoms with Crippen molar-refractivity contribution in [2.24, 2.45) is 0 Å². The SMILES string of the molecule is O[C@H]1CCCN[C@@H]1CCCn1cnc2cc(Cl)c(Cl)cc21. The zero-order chi connectivity index (χ0) is 14.8. The smallest absolute Gasteiger partial charge is 0.0958 e. The molecule has 2 heterocycles. The maximum Gasteiger partial charge on any atom is 0.0958 e. The molecule has 0 radical (unpaired) electrons. The van der Waals surface area contributed by atoms with E-state index in [0.29, 0.717) is 10.0 Å². The molecule has 6 heteroatoms. The van der Waals surface area contributed by atoms with Crippen molar-refractivity contribution in [1.29, 1.82) is 0 Å². The second-order valence-corrected chi connectivity index (χ2v) is 6.42. The molecule has 21 heavy (non-hydrogen) atoms. The number of aromatic nitrogens is 2. The summed E-state index contributed by atoms with van der Waals surface area (Å²) in [6, 6.07) is 3.87. The summed E-state index contributed by atoms with van der Waals surface area (Å²) in [5.74, 6) is 0. The molecule has 0 saturated carbocycles. The molecule has 0 amide bonds. The number of nitrogens with zero attached hydrogens (tertiary/aromatic N) is 2. The van der Waals surface area contributed by atoms with Crippen LogP contribution in [-0.2, 0) is 6.54 Å². The number of aliphatic hydroxyl groups is 1. The Kier molecular flexibility index (Phi) is 4.69. The Morgan fingerprint density at radius 3 is 2.95 bits per heavy atom. The molecule has 114 valence electrons. The molecule has 2 N–H and O–H groups in total. The third-order valence-electron chi connectivity index (χ3n) is 4.12. The third-order valence-corrected chi connectivity index (χ3v) is 4.85. The molecule has 0 bridgehead atoms. The largest absolute Gasteiger partial charge is 0.392 e. The van der Waals surface area contributed by atoms with Crippen molar-refractivity contribution in [2.45, 2.75) is 44.4 Å². The fourth-order valence-corrected chi connectivity index (χ4v) is 3.26. The van der Waals surface area contributed by atoms with Gasteiger partial charge in [-0.2, -0.15) is 0 Å². The minimum Gasteiger partial charge on any atom is -0.392 e. The molecule has 1 saturated heterocycles. The van der Waals surface area contributed by atoms with Crippen LogP contribution in [0.5, 0.6) is 0 Å². The second-order valence-electron chi connectivity index (χ2n) is 5.61. The summed E-state index contributed by atoms with van der Waals surface area (Å²) in [4.78, 5) is 4.36. The van der Waals surface area contributed by atoms with E-state index in [9.17, 15) is 5.11 Å². The summed E-state index contributed by atoms with van der Waals surface area (Å²) < 4.78 is 2.09. The molecule has 1 aliphatic rings. The van der Waals surface area contributed by atoms with Gasteiger partial charge in [0.05, 0.1) is 33.5 Å². The van der Waals surface area contributed by atoms with Crippen molar-refractivity contribution in [3.05, 3.63) is 28.5 Å². The Balaban J connectivity index is 1.64. The molecule has 2 aromatic rings. The van der Waals surface area contributed by atoms with Crippen LogP contribution in [0.4, 0.5) is 0 Å². The summed E-state index contributed by atoms with van der Waals surface area (Å²) in [5, 5.41) is 14.4. The van der Waals surface area contributed by atoms with E-state index >= 15 is 0 Å². The Bertz CT molecular complexity index is 629. The van der Waals surface area contributed by atoms with Crippen LogP contribution in [-0.4, -0.2) is 33.3 Å². The molecular weight excluding hydrogens is 309 g/mol. The van der Waals surface area contributed by atoms with Gasteiger partial charge in [0.1, 0.15) is 0 Å². The molecule has 2 atom stereocenters. The Morgan fingerprint density at radius 2 is 2.14 bits per heavy atom. The predicted octanol–water partition coefficient (Wildman–Crippen LogP) is 3.24. The van der Waals surface area contributed by atoms with E-state index in [2.05, 4.69) is 14.9 Å². The van der Waals surface area contributed by atoms with E-state index in [1.165, 1.54) is 0 Å². The Hall–Kier alpha value is -0.810. The summed E-state index contributed by atoms with van der Waals surface area (Å²) >= 11 is 12.1. The van der Waals surface area contributed by atoms with Gasteiger partial charge in [0, 0.05) is 12.6 Å². The van der Waals surface area contributed by atoms with Gasteiger partial charge in [-0.15, -0.1) is 0 Å². The molecule has 1 aromatic heterocycles. The van der Waals surface area contributed by atoms with Gasteiger partial charge in [-0.3, -0.25) is 0 Å². The first kappa shape index (κ1) is 15.1. The summed E-state index contributed by atoms with van der Waals surface area (Å²) in [5.41, 5.74) is 1.86. The minimum atomic E-state index is -0.216. The molecule has 1 aromatic carbocycles. The van der Waals surface area contributed by atoms with Crippen molar-refractivity contribution in [3.8, 4) is 0 Å². The maximum absolute atomic E-state index is 9.95. The molecular formula is C15H19Cl2N3O. The van der Waals surface area contributed by atoms with E-state index < -0.39 is 0 Å². The Labute approximate surface area is 134 Å². The Morgan fingerprint density at radius 1 is 1.33 bits per heavy atom. The fraction of sp³-hybridized carbons (Fsp3) is 0.533. The highest BCUT2D eigenvalue weighted by Gasteiger charge is 2.21. The lowest BCUT2D eigenvalue weighted by Gasteiger charge is -2.29. The molecule has 1 fully saturated rings. The normalized spacial score (nSPS) is 22.8. The molecule has 0 unspecified atom stereocenters. The van der Waals surface area contributed by atoms with E-state index in [1.807, 2.05) is 12.4 Å². The molecule has 4 nitrogen and oxygen atoms in total. The van der Waals surface area contributed by atoms with E-state index in [0.717, 1.165) is 49.8 Å². The van der Waals surface area contributed by atoms with Crippen molar-refractivity contribution < 1.29 is 5.11 Å². The van der Waals surface area contributed by atoms with E-state index in [-0.39, 0.29) is 12.1 Å². The van der Waals surface area contributed by atoms with E-state index in [1.54, 1.807) is 6.07 Å². The summed E-state index contributed by atoms with van der Waals surface area (Å²) in [7, 11) is 0. The topological polar surface area (TPSA) is 50.1 Å². The van der Waals surface area contributed by atoms with Gasteiger partial charge in [-0.25, -0.2) is 4.98 Å². The number of rotatable bonds is 4. The van der Waals surface area contributed by atoms with Crippen LogP contribution in [0.3, 0.4) is 0 Å². The number of imidazole rings is 1. The van der Waals surface area contributed by atoms with Gasteiger partial charge < -0.3 is 15.0 Å².